The molecule has 0 saturated heterocycles. The Balaban J connectivity index is 3.44. The van der Waals surface area contributed by atoms with Crippen molar-refractivity contribution in [2.45, 2.75) is 328 Å². The van der Waals surface area contributed by atoms with Crippen LogP contribution in [0.15, 0.2) is 24.3 Å². The fourth-order valence-electron chi connectivity index (χ4n) is 9.02. The van der Waals surface area contributed by atoms with E-state index in [9.17, 15) is 19.8 Å². The quantitative estimate of drug-likeness (QED) is 0.0321. The molecule has 0 rings (SSSR count). The van der Waals surface area contributed by atoms with Crippen LogP contribution in [0, 0.1) is 0 Å². The second-order valence-corrected chi connectivity index (χ2v) is 20.0. The van der Waals surface area contributed by atoms with Gasteiger partial charge in [0.05, 0.1) is 25.4 Å². The predicted molar refractivity (Wildman–Crippen MR) is 283 cm³/mol. The van der Waals surface area contributed by atoms with Crippen LogP contribution in [0.1, 0.15) is 316 Å². The molecule has 0 aliphatic carbocycles. The number of unbranched alkanes of at least 4 members (excludes halogenated alkanes) is 39. The molecule has 0 heterocycles. The number of esters is 1. The molecule has 3 N–H and O–H groups in total. The van der Waals surface area contributed by atoms with Gasteiger partial charge in [0.2, 0.25) is 5.91 Å². The first-order valence-electron chi connectivity index (χ1n) is 29.1. The van der Waals surface area contributed by atoms with Crippen LogP contribution in [0.5, 0.6) is 0 Å². The van der Waals surface area contributed by atoms with Gasteiger partial charge in [0.15, 0.2) is 0 Å². The van der Waals surface area contributed by atoms with Crippen molar-refractivity contribution in [2.75, 3.05) is 13.2 Å². The van der Waals surface area contributed by atoms with Crippen LogP contribution in [0.3, 0.4) is 0 Å². The molecule has 0 fully saturated rings. The van der Waals surface area contributed by atoms with E-state index in [1.165, 1.54) is 225 Å². The molecule has 6 nitrogen and oxygen atoms in total. The van der Waals surface area contributed by atoms with Crippen LogP contribution in [-0.2, 0) is 14.3 Å². The molecule has 0 aliphatic rings. The number of hydrogen-bond acceptors (Lipinski definition) is 5. The number of nitrogens with one attached hydrogen (secondary N) is 1. The SMILES string of the molecule is CCCCC/C=C\C/C=C\CCCCCCCCCC(=O)OCCCCCCCCCCCCCCCCC(=O)NC(CO)C(O)CCCCCCCCCCCCCCCCCCC. The van der Waals surface area contributed by atoms with Crippen molar-refractivity contribution >= 4 is 11.9 Å². The van der Waals surface area contributed by atoms with Gasteiger partial charge in [-0.25, -0.2) is 0 Å². The monoisotopic (exact) mass is 916 g/mol. The summed E-state index contributed by atoms with van der Waals surface area (Å²) in [5.41, 5.74) is 0. The third kappa shape index (κ3) is 51.6. The van der Waals surface area contributed by atoms with Gasteiger partial charge in [0.25, 0.3) is 0 Å². The molecule has 65 heavy (non-hydrogen) atoms. The molecule has 0 radical (unpaired) electrons. The Morgan fingerprint density at radius 1 is 0.431 bits per heavy atom. The lowest BCUT2D eigenvalue weighted by atomic mass is 10.0. The Kier molecular flexibility index (Phi) is 53.5. The van der Waals surface area contributed by atoms with Gasteiger partial charge in [-0.3, -0.25) is 9.59 Å². The van der Waals surface area contributed by atoms with Crippen LogP contribution in [-0.4, -0.2) is 47.4 Å². The highest BCUT2D eigenvalue weighted by Gasteiger charge is 2.20. The molecule has 0 aromatic carbocycles. The molecule has 0 saturated carbocycles. The first-order chi connectivity index (χ1) is 32.0. The van der Waals surface area contributed by atoms with E-state index in [1.54, 1.807) is 0 Å². The van der Waals surface area contributed by atoms with Gasteiger partial charge in [-0.1, -0.05) is 269 Å². The van der Waals surface area contributed by atoms with E-state index >= 15 is 0 Å². The minimum Gasteiger partial charge on any atom is -0.466 e. The van der Waals surface area contributed by atoms with Gasteiger partial charge >= 0.3 is 5.97 Å². The first-order valence-corrected chi connectivity index (χ1v) is 29.1. The van der Waals surface area contributed by atoms with Gasteiger partial charge in [0.1, 0.15) is 0 Å². The summed E-state index contributed by atoms with van der Waals surface area (Å²) in [4.78, 5) is 24.6. The zero-order chi connectivity index (χ0) is 47.2. The molecule has 2 atom stereocenters. The van der Waals surface area contributed by atoms with E-state index < -0.39 is 12.1 Å². The molecular formula is C59H113NO5. The second kappa shape index (κ2) is 54.9. The minimum absolute atomic E-state index is 0.00937. The maximum Gasteiger partial charge on any atom is 0.305 e. The van der Waals surface area contributed by atoms with E-state index in [4.69, 9.17) is 4.74 Å². The van der Waals surface area contributed by atoms with Gasteiger partial charge in [-0.05, 0) is 57.8 Å². The highest BCUT2D eigenvalue weighted by Crippen LogP contribution is 2.17. The summed E-state index contributed by atoms with van der Waals surface area (Å²) in [5, 5.41) is 23.3. The number of ether oxygens (including phenoxy) is 1. The number of carbonyl (C=O) groups excluding carboxylic acids is 2. The molecule has 1 amide bonds. The minimum atomic E-state index is -0.672. The molecule has 0 aliphatic heterocycles. The van der Waals surface area contributed by atoms with Gasteiger partial charge < -0.3 is 20.3 Å². The predicted octanol–water partition coefficient (Wildman–Crippen LogP) is 17.9. The molecule has 384 valence electrons. The Hall–Kier alpha value is -1.66. The number of aliphatic hydroxyl groups excluding tert-OH is 2. The maximum absolute atomic E-state index is 12.5. The number of carbonyl (C=O) groups is 2. The lowest BCUT2D eigenvalue weighted by Gasteiger charge is -2.22. The topological polar surface area (TPSA) is 95.9 Å². The molecule has 6 heteroatoms. The van der Waals surface area contributed by atoms with E-state index in [0.717, 1.165) is 57.8 Å². The zero-order valence-electron chi connectivity index (χ0n) is 43.7. The average molecular weight is 917 g/mol. The summed E-state index contributed by atoms with van der Waals surface area (Å²) >= 11 is 0. The fourth-order valence-corrected chi connectivity index (χ4v) is 9.02. The number of rotatable bonds is 54. The van der Waals surface area contributed by atoms with E-state index in [0.29, 0.717) is 25.9 Å². The number of amides is 1. The van der Waals surface area contributed by atoms with Crippen molar-refractivity contribution in [1.29, 1.82) is 0 Å². The van der Waals surface area contributed by atoms with Crippen molar-refractivity contribution in [3.8, 4) is 0 Å². The Bertz CT molecular complexity index is 1010. The van der Waals surface area contributed by atoms with Crippen LogP contribution in [0.2, 0.25) is 0 Å². The normalized spacial score (nSPS) is 12.7. The van der Waals surface area contributed by atoms with Crippen molar-refractivity contribution < 1.29 is 24.5 Å². The summed E-state index contributed by atoms with van der Waals surface area (Å²) < 4.78 is 5.48. The number of hydrogen-bond donors (Lipinski definition) is 3. The second-order valence-electron chi connectivity index (χ2n) is 20.0. The van der Waals surface area contributed by atoms with Gasteiger partial charge in [-0.2, -0.15) is 0 Å². The van der Waals surface area contributed by atoms with E-state index in [-0.39, 0.29) is 18.5 Å². The van der Waals surface area contributed by atoms with Crippen molar-refractivity contribution in [1.82, 2.24) is 5.32 Å². The van der Waals surface area contributed by atoms with Crippen LogP contribution in [0.25, 0.3) is 0 Å². The molecule has 2 unspecified atom stereocenters. The first kappa shape index (κ1) is 63.3. The highest BCUT2D eigenvalue weighted by atomic mass is 16.5. The third-order valence-electron chi connectivity index (χ3n) is 13.5. The highest BCUT2D eigenvalue weighted by molar-refractivity contribution is 5.76. The Morgan fingerprint density at radius 2 is 0.769 bits per heavy atom. The average Bonchev–Trinajstić information content (AvgIpc) is 3.31. The molecule has 0 aromatic rings. The summed E-state index contributed by atoms with van der Waals surface area (Å²) in [6.45, 7) is 4.92. The van der Waals surface area contributed by atoms with Crippen LogP contribution in [0.4, 0.5) is 0 Å². The van der Waals surface area contributed by atoms with Gasteiger partial charge in [-0.15, -0.1) is 0 Å². The van der Waals surface area contributed by atoms with E-state index in [2.05, 4.69) is 43.5 Å². The number of aliphatic hydroxyl groups is 2. The Morgan fingerprint density at radius 3 is 1.20 bits per heavy atom. The fraction of sp³-hybridized carbons (Fsp3) is 0.898. The zero-order valence-corrected chi connectivity index (χ0v) is 43.7. The standard InChI is InChI=1S/C59H113NO5/c1-3-5-7-9-11-13-15-17-19-21-23-27-31-35-39-43-47-51-57(62)56(55-61)60-58(63)52-48-44-40-36-32-28-25-26-30-34-38-42-46-50-54-65-59(64)53-49-45-41-37-33-29-24-22-20-18-16-14-12-10-8-6-4-2/h12,14,18,20,56-57,61-62H,3-11,13,15-17,19,21-55H2,1-2H3,(H,60,63)/b14-12-,20-18-. The van der Waals surface area contributed by atoms with Crippen molar-refractivity contribution in [2.24, 2.45) is 0 Å². The smallest absolute Gasteiger partial charge is 0.305 e. The molecular weight excluding hydrogens is 803 g/mol. The summed E-state index contributed by atoms with van der Waals surface area (Å²) in [5.74, 6) is -0.0531. The van der Waals surface area contributed by atoms with Crippen molar-refractivity contribution in [3.63, 3.8) is 0 Å². The molecule has 0 spiro atoms. The summed E-state index contributed by atoms with van der Waals surface area (Å²) in [6, 6.07) is -0.550. The Labute approximate surface area is 405 Å². The number of allylic oxidation sites excluding steroid dienone is 4. The summed E-state index contributed by atoms with van der Waals surface area (Å²) in [6.07, 6.45) is 65.9. The lowest BCUT2D eigenvalue weighted by molar-refractivity contribution is -0.143. The van der Waals surface area contributed by atoms with E-state index in [1.807, 2.05) is 0 Å². The third-order valence-corrected chi connectivity index (χ3v) is 13.5. The lowest BCUT2D eigenvalue weighted by Crippen LogP contribution is -2.45. The van der Waals surface area contributed by atoms with Crippen LogP contribution < -0.4 is 5.32 Å². The van der Waals surface area contributed by atoms with Crippen molar-refractivity contribution in [3.05, 3.63) is 24.3 Å². The summed E-state index contributed by atoms with van der Waals surface area (Å²) in [7, 11) is 0. The largest absolute Gasteiger partial charge is 0.466 e. The van der Waals surface area contributed by atoms with Crippen LogP contribution >= 0.6 is 0 Å². The molecule has 0 bridgehead atoms. The maximum atomic E-state index is 12.5. The van der Waals surface area contributed by atoms with Gasteiger partial charge in [0, 0.05) is 12.8 Å². The molecule has 0 aromatic heterocycles.